The third-order valence-corrected chi connectivity index (χ3v) is 10.8. The van der Waals surface area contributed by atoms with E-state index in [4.69, 9.17) is 10.5 Å². The summed E-state index contributed by atoms with van der Waals surface area (Å²) in [7, 11) is 0.743. The molecule has 2 atom stereocenters. The van der Waals surface area contributed by atoms with Crippen molar-refractivity contribution in [1.82, 2.24) is 0 Å². The third kappa shape index (κ3) is 24.9. The predicted molar refractivity (Wildman–Crippen MR) is 206 cm³/mol. The van der Waals surface area contributed by atoms with Gasteiger partial charge in [-0.1, -0.05) is 172 Å². The summed E-state index contributed by atoms with van der Waals surface area (Å²) in [6.45, 7) is 6.05. The minimum atomic E-state index is -0.232. The molecule has 0 amide bonds. The molecule has 2 nitrogen and oxygen atoms in total. The van der Waals surface area contributed by atoms with Gasteiger partial charge in [-0.3, -0.25) is 0 Å². The second-order valence-electron chi connectivity index (χ2n) is 13.8. The fourth-order valence-corrected chi connectivity index (χ4v) is 7.57. The quantitative estimate of drug-likeness (QED) is 0.0590. The maximum atomic E-state index is 6.66. The van der Waals surface area contributed by atoms with E-state index in [2.05, 4.69) is 56.1 Å². The number of allylic oxidation sites excluding steroid dienone is 4. The molecule has 0 fully saturated rings. The van der Waals surface area contributed by atoms with Crippen LogP contribution in [0.5, 0.6) is 0 Å². The summed E-state index contributed by atoms with van der Waals surface area (Å²) in [5.41, 5.74) is 6.19. The first kappa shape index (κ1) is 42.2. The fourth-order valence-electron chi connectivity index (χ4n) is 6.44. The Morgan fingerprint density at radius 1 is 0.556 bits per heavy atom. The molecule has 1 aromatic heterocycles. The van der Waals surface area contributed by atoms with Gasteiger partial charge in [-0.05, 0) is 70.0 Å². The van der Waals surface area contributed by atoms with Crippen LogP contribution in [0, 0.1) is 0 Å². The largest absolute Gasteiger partial charge is 0.369 e. The first-order valence-electron chi connectivity index (χ1n) is 20.1. The molecule has 0 aromatic carbocycles. The van der Waals surface area contributed by atoms with E-state index in [1.807, 2.05) is 0 Å². The number of hydrogen-bond donors (Lipinski definition) is 1. The first-order chi connectivity index (χ1) is 22.3. The van der Waals surface area contributed by atoms with Crippen LogP contribution in [0.25, 0.3) is 0 Å². The normalized spacial score (nSPS) is 13.6. The highest BCUT2D eigenvalue weighted by molar-refractivity contribution is 7.30. The molecule has 0 aliphatic carbocycles. The molecule has 1 heterocycles. The van der Waals surface area contributed by atoms with Crippen LogP contribution >= 0.6 is 8.19 Å². The van der Waals surface area contributed by atoms with Gasteiger partial charge < -0.3 is 10.5 Å². The van der Waals surface area contributed by atoms with Crippen LogP contribution in [-0.4, -0.2) is 13.2 Å². The Labute approximate surface area is 284 Å². The summed E-state index contributed by atoms with van der Waals surface area (Å²) in [6.07, 6.45) is 48.4. The number of rotatable bonds is 35. The lowest BCUT2D eigenvalue weighted by Gasteiger charge is -2.33. The second kappa shape index (κ2) is 33.1. The van der Waals surface area contributed by atoms with Gasteiger partial charge in [0.2, 0.25) is 0 Å². The minimum Gasteiger partial charge on any atom is -0.369 e. The molecule has 0 saturated carbocycles. The summed E-state index contributed by atoms with van der Waals surface area (Å²) in [4.78, 5) is 0. The summed E-state index contributed by atoms with van der Waals surface area (Å²) in [5, 5.41) is 1.43. The lowest BCUT2D eigenvalue weighted by Crippen LogP contribution is -2.37. The molecule has 0 spiro atoms. The predicted octanol–water partition coefficient (Wildman–Crippen LogP) is 14.4. The average Bonchev–Trinajstić information content (AvgIpc) is 3.61. The van der Waals surface area contributed by atoms with Gasteiger partial charge in [-0.2, -0.15) is 0 Å². The maximum absolute atomic E-state index is 6.66. The van der Waals surface area contributed by atoms with Gasteiger partial charge in [0, 0.05) is 18.4 Å². The summed E-state index contributed by atoms with van der Waals surface area (Å²) < 4.78 is 6.66. The third-order valence-electron chi connectivity index (χ3n) is 9.55. The molecule has 262 valence electrons. The smallest absolute Gasteiger partial charge is 0.109 e. The van der Waals surface area contributed by atoms with Crippen molar-refractivity contribution in [3.63, 3.8) is 0 Å². The van der Waals surface area contributed by atoms with Crippen molar-refractivity contribution in [1.29, 1.82) is 0 Å². The zero-order valence-corrected chi connectivity index (χ0v) is 31.4. The average molecular weight is 644 g/mol. The lowest BCUT2D eigenvalue weighted by molar-refractivity contribution is -0.0506. The molecule has 0 aliphatic heterocycles. The van der Waals surface area contributed by atoms with Crippen molar-refractivity contribution in [2.45, 2.75) is 206 Å². The zero-order chi connectivity index (χ0) is 32.4. The summed E-state index contributed by atoms with van der Waals surface area (Å²) in [5.74, 6) is 2.29. The van der Waals surface area contributed by atoms with E-state index in [1.165, 1.54) is 179 Å². The Morgan fingerprint density at radius 2 is 0.956 bits per heavy atom. The monoisotopic (exact) mass is 644 g/mol. The molecule has 0 saturated heterocycles. The van der Waals surface area contributed by atoms with Crippen LogP contribution < -0.4 is 5.73 Å². The van der Waals surface area contributed by atoms with Crippen LogP contribution in [0.3, 0.4) is 0 Å². The van der Waals surface area contributed by atoms with E-state index < -0.39 is 0 Å². The van der Waals surface area contributed by atoms with Gasteiger partial charge >= 0.3 is 0 Å². The molecule has 2 N–H and O–H groups in total. The molecular weight excluding hydrogens is 565 g/mol. The number of nitrogens with two attached hydrogens (primary N) is 1. The molecular formula is C42H78NOP. The van der Waals surface area contributed by atoms with Crippen molar-refractivity contribution in [3.05, 3.63) is 47.5 Å². The van der Waals surface area contributed by atoms with Gasteiger partial charge in [0.05, 0.1) is 0 Å². The fraction of sp³-hybridized carbons (Fsp3) is 0.810. The van der Waals surface area contributed by atoms with Crippen LogP contribution in [0.1, 0.15) is 205 Å². The zero-order valence-electron chi connectivity index (χ0n) is 30.4. The van der Waals surface area contributed by atoms with E-state index >= 15 is 0 Å². The summed E-state index contributed by atoms with van der Waals surface area (Å²) in [6, 6.07) is 4.49. The molecule has 0 aliphatic rings. The molecule has 0 radical (unpaired) electrons. The number of hydrogen-bond acceptors (Lipinski definition) is 2. The maximum Gasteiger partial charge on any atom is 0.109 e. The van der Waals surface area contributed by atoms with E-state index in [9.17, 15) is 0 Å². The Kier molecular flexibility index (Phi) is 31.0. The molecule has 45 heavy (non-hydrogen) atoms. The standard InChI is InChI=1S/C42H78NOP/c1-3-5-7-9-11-13-15-17-19-21-23-25-27-29-31-33-37-42(40-43,41-36-35-39-45-41)44-38-34-32-30-28-26-24-22-20-18-16-14-12-10-8-6-4-2/h17-20,35-36,39,45H,3-16,21-34,37-38,40,43H2,1-2H3/b19-17-,20-18-. The van der Waals surface area contributed by atoms with Crippen LogP contribution in [0.4, 0.5) is 0 Å². The van der Waals surface area contributed by atoms with Gasteiger partial charge in [0.15, 0.2) is 0 Å². The van der Waals surface area contributed by atoms with E-state index in [0.717, 1.165) is 27.6 Å². The Hall–Kier alpha value is -0.820. The summed E-state index contributed by atoms with van der Waals surface area (Å²) >= 11 is 0. The molecule has 3 heteroatoms. The lowest BCUT2D eigenvalue weighted by atomic mass is 9.93. The van der Waals surface area contributed by atoms with Crippen LogP contribution in [0.15, 0.2) is 42.2 Å². The SMILES string of the molecule is CCCCCCCC/C=C\CCCCCCCCOC(CN)(CCCCCCCC/C=C\CCCCCCCC)c1ccc[pH]1. The van der Waals surface area contributed by atoms with Crippen LogP contribution in [0.2, 0.25) is 0 Å². The van der Waals surface area contributed by atoms with Gasteiger partial charge in [0.1, 0.15) is 5.60 Å². The van der Waals surface area contributed by atoms with Gasteiger partial charge in [-0.25, -0.2) is 0 Å². The van der Waals surface area contributed by atoms with Gasteiger partial charge in [-0.15, -0.1) is 8.19 Å². The van der Waals surface area contributed by atoms with E-state index in [-0.39, 0.29) is 5.60 Å². The van der Waals surface area contributed by atoms with Crippen molar-refractivity contribution < 1.29 is 4.74 Å². The highest BCUT2D eigenvalue weighted by Crippen LogP contribution is 2.37. The van der Waals surface area contributed by atoms with Crippen LogP contribution in [-0.2, 0) is 10.3 Å². The molecule has 1 rings (SSSR count). The first-order valence-corrected chi connectivity index (χ1v) is 21.1. The topological polar surface area (TPSA) is 35.2 Å². The molecule has 2 unspecified atom stereocenters. The Balaban J connectivity index is 2.08. The van der Waals surface area contributed by atoms with Crippen molar-refractivity contribution in [2.75, 3.05) is 13.2 Å². The Bertz CT molecular complexity index is 757. The molecule has 0 bridgehead atoms. The highest BCUT2D eigenvalue weighted by Gasteiger charge is 2.31. The number of ether oxygens (including phenoxy) is 1. The van der Waals surface area contributed by atoms with E-state index in [1.54, 1.807) is 0 Å². The molecule has 1 aromatic rings. The minimum absolute atomic E-state index is 0.232. The van der Waals surface area contributed by atoms with Crippen molar-refractivity contribution >= 4 is 8.19 Å². The second-order valence-corrected chi connectivity index (χ2v) is 14.9. The Morgan fingerprint density at radius 3 is 1.36 bits per heavy atom. The van der Waals surface area contributed by atoms with Crippen molar-refractivity contribution in [3.8, 4) is 0 Å². The number of unbranched alkanes of at least 4 members (excludes halogenated alkanes) is 24. The van der Waals surface area contributed by atoms with Gasteiger partial charge in [0.25, 0.3) is 0 Å². The van der Waals surface area contributed by atoms with Crippen molar-refractivity contribution in [2.24, 2.45) is 5.73 Å². The van der Waals surface area contributed by atoms with E-state index in [0.29, 0.717) is 6.54 Å². The highest BCUT2D eigenvalue weighted by atomic mass is 31.0.